The van der Waals surface area contributed by atoms with Gasteiger partial charge in [0, 0.05) is 13.2 Å². The average molecular weight is 587 g/mol. The quantitative estimate of drug-likeness (QED) is 0.0487. The second-order valence-electron chi connectivity index (χ2n) is 9.92. The Kier molecular flexibility index (Phi) is 37.8. The molecule has 0 aliphatic rings. The molecule has 0 radical (unpaired) electrons. The molecule has 0 heterocycles. The highest BCUT2D eigenvalue weighted by atomic mass is 32.2. The Morgan fingerprint density at radius 1 is 0.590 bits per heavy atom. The molecular weight excluding hydrogens is 524 g/mol. The minimum absolute atomic E-state index is 0. The standard InChI is InChI=1S/C24H50O.C4H6O7S.2H3N/c1-3-5-7-9-11-13-15-17-19-21-23-25-24-22-20-18-16-14-12-10-8-6-4-2;5-3(6)1-2(4(7)8)12(9,10)11;;/h3-24H2,1-2H3;2H,1H2,(H,5,6)(H,7,8)(H,9,10,11);2*1H3. The zero-order chi connectivity index (χ0) is 28.2. The summed E-state index contributed by atoms with van der Waals surface area (Å²) in [5.41, 5.74) is 0. The smallest absolute Gasteiger partial charge is 0.325 e. The molecule has 0 amide bonds. The van der Waals surface area contributed by atoms with Crippen molar-refractivity contribution in [3.05, 3.63) is 0 Å². The molecule has 0 saturated heterocycles. The van der Waals surface area contributed by atoms with Gasteiger partial charge >= 0.3 is 11.9 Å². The lowest BCUT2D eigenvalue weighted by Crippen LogP contribution is -2.31. The van der Waals surface area contributed by atoms with E-state index in [0.29, 0.717) is 0 Å². The van der Waals surface area contributed by atoms with E-state index in [1.807, 2.05) is 0 Å². The van der Waals surface area contributed by atoms with Crippen LogP contribution in [0.25, 0.3) is 0 Å². The predicted molar refractivity (Wildman–Crippen MR) is 160 cm³/mol. The van der Waals surface area contributed by atoms with Crippen LogP contribution in [0.3, 0.4) is 0 Å². The van der Waals surface area contributed by atoms with Crippen molar-refractivity contribution >= 4 is 22.1 Å². The number of rotatable bonds is 26. The van der Waals surface area contributed by atoms with E-state index in [1.165, 1.54) is 128 Å². The molecule has 39 heavy (non-hydrogen) atoms. The Labute approximate surface area is 239 Å². The van der Waals surface area contributed by atoms with Crippen LogP contribution in [0, 0.1) is 0 Å². The normalized spacial score (nSPS) is 11.5. The molecule has 238 valence electrons. The van der Waals surface area contributed by atoms with Crippen molar-refractivity contribution in [1.82, 2.24) is 12.3 Å². The highest BCUT2D eigenvalue weighted by molar-refractivity contribution is 7.87. The Morgan fingerprint density at radius 2 is 0.872 bits per heavy atom. The number of hydrogen-bond donors (Lipinski definition) is 5. The number of carboxylic acid groups (broad SMARTS) is 2. The van der Waals surface area contributed by atoms with E-state index in [9.17, 15) is 18.0 Å². The van der Waals surface area contributed by atoms with Crippen molar-refractivity contribution in [1.29, 1.82) is 0 Å². The van der Waals surface area contributed by atoms with Gasteiger partial charge in [0.15, 0.2) is 5.25 Å². The SMILES string of the molecule is CCCCCCCCCCCCOCCCCCCCCCCCC.N.N.O=C(O)CC(C(=O)O)S(=O)(=O)O. The van der Waals surface area contributed by atoms with Crippen molar-refractivity contribution in [2.24, 2.45) is 0 Å². The molecule has 0 rings (SSSR count). The second kappa shape index (κ2) is 32.9. The van der Waals surface area contributed by atoms with Crippen LogP contribution in [0.4, 0.5) is 0 Å². The lowest BCUT2D eigenvalue weighted by Gasteiger charge is -2.05. The summed E-state index contributed by atoms with van der Waals surface area (Å²) >= 11 is 0. The van der Waals surface area contributed by atoms with E-state index in [-0.39, 0.29) is 12.3 Å². The lowest BCUT2D eigenvalue weighted by atomic mass is 10.1. The van der Waals surface area contributed by atoms with Gasteiger partial charge in [-0.3, -0.25) is 14.1 Å². The van der Waals surface area contributed by atoms with E-state index in [2.05, 4.69) is 13.8 Å². The maximum Gasteiger partial charge on any atom is 0.325 e. The number of ether oxygens (including phenoxy) is 1. The molecular formula is C28H62N2O8S. The van der Waals surface area contributed by atoms with Crippen molar-refractivity contribution in [2.75, 3.05) is 13.2 Å². The Balaban J connectivity index is -0.000000371. The van der Waals surface area contributed by atoms with E-state index < -0.39 is 33.7 Å². The second-order valence-corrected chi connectivity index (χ2v) is 11.5. The first-order valence-electron chi connectivity index (χ1n) is 14.6. The molecule has 0 aromatic rings. The molecule has 10 nitrogen and oxygen atoms in total. The first-order valence-corrected chi connectivity index (χ1v) is 16.2. The largest absolute Gasteiger partial charge is 0.481 e. The van der Waals surface area contributed by atoms with Gasteiger partial charge in [-0.25, -0.2) is 0 Å². The molecule has 0 aliphatic heterocycles. The highest BCUT2D eigenvalue weighted by Crippen LogP contribution is 2.12. The van der Waals surface area contributed by atoms with Gasteiger partial charge in [-0.1, -0.05) is 129 Å². The van der Waals surface area contributed by atoms with Crippen molar-refractivity contribution in [3.8, 4) is 0 Å². The number of hydrogen-bond acceptors (Lipinski definition) is 7. The van der Waals surface area contributed by atoms with Gasteiger partial charge < -0.3 is 27.3 Å². The summed E-state index contributed by atoms with van der Waals surface area (Å²) in [6.45, 7) is 6.57. The monoisotopic (exact) mass is 586 g/mol. The Hall–Kier alpha value is -1.27. The van der Waals surface area contributed by atoms with Crippen molar-refractivity contribution in [2.45, 2.75) is 154 Å². The summed E-state index contributed by atoms with van der Waals surface area (Å²) in [4.78, 5) is 20.0. The number of carbonyl (C=O) groups is 2. The highest BCUT2D eigenvalue weighted by Gasteiger charge is 2.33. The molecule has 0 aliphatic carbocycles. The van der Waals surface area contributed by atoms with Crippen LogP contribution in [-0.4, -0.2) is 53.6 Å². The molecule has 1 unspecified atom stereocenters. The molecule has 0 aromatic carbocycles. The van der Waals surface area contributed by atoms with Crippen molar-refractivity contribution < 1.29 is 37.5 Å². The fraction of sp³-hybridized carbons (Fsp3) is 0.929. The van der Waals surface area contributed by atoms with Gasteiger partial charge in [0.05, 0.1) is 6.42 Å². The molecule has 0 spiro atoms. The molecule has 0 bridgehead atoms. The van der Waals surface area contributed by atoms with Crippen LogP contribution >= 0.6 is 0 Å². The zero-order valence-electron chi connectivity index (χ0n) is 25.0. The molecule has 0 aromatic heterocycles. The van der Waals surface area contributed by atoms with Crippen LogP contribution in [0.15, 0.2) is 0 Å². The lowest BCUT2D eigenvalue weighted by molar-refractivity contribution is -0.143. The van der Waals surface area contributed by atoms with Gasteiger partial charge in [-0.05, 0) is 12.8 Å². The van der Waals surface area contributed by atoms with Gasteiger partial charge in [0.2, 0.25) is 0 Å². The fourth-order valence-corrected chi connectivity index (χ4v) is 4.57. The van der Waals surface area contributed by atoms with Crippen LogP contribution in [-0.2, 0) is 24.4 Å². The zero-order valence-corrected chi connectivity index (χ0v) is 25.9. The molecule has 0 saturated carbocycles. The van der Waals surface area contributed by atoms with Crippen LogP contribution < -0.4 is 12.3 Å². The van der Waals surface area contributed by atoms with Crippen LogP contribution in [0.5, 0.6) is 0 Å². The maximum absolute atomic E-state index is 10.2. The fourth-order valence-electron chi connectivity index (χ4n) is 3.96. The summed E-state index contributed by atoms with van der Waals surface area (Å²) in [5.74, 6) is -3.50. The van der Waals surface area contributed by atoms with E-state index in [1.54, 1.807) is 0 Å². The van der Waals surface area contributed by atoms with Crippen molar-refractivity contribution in [3.63, 3.8) is 0 Å². The first-order chi connectivity index (χ1) is 17.7. The molecule has 9 N–H and O–H groups in total. The number of unbranched alkanes of at least 4 members (excludes halogenated alkanes) is 18. The summed E-state index contributed by atoms with van der Waals surface area (Å²) in [5, 5.41) is 13.9. The number of carboxylic acids is 2. The molecule has 1 atom stereocenters. The topological polar surface area (TPSA) is 208 Å². The summed E-state index contributed by atoms with van der Waals surface area (Å²) in [6.07, 6.45) is 27.0. The first kappa shape index (κ1) is 44.7. The van der Waals surface area contributed by atoms with E-state index >= 15 is 0 Å². The minimum Gasteiger partial charge on any atom is -0.481 e. The minimum atomic E-state index is -4.84. The van der Waals surface area contributed by atoms with Gasteiger partial charge in [0.1, 0.15) is 0 Å². The van der Waals surface area contributed by atoms with E-state index in [0.717, 1.165) is 13.2 Å². The van der Waals surface area contributed by atoms with Crippen LogP contribution in [0.1, 0.15) is 149 Å². The Bertz CT molecular complexity index is 611. The molecule has 0 fully saturated rings. The average Bonchev–Trinajstić information content (AvgIpc) is 2.83. The molecule has 11 heteroatoms. The van der Waals surface area contributed by atoms with Crippen LogP contribution in [0.2, 0.25) is 0 Å². The van der Waals surface area contributed by atoms with Gasteiger partial charge in [0.25, 0.3) is 10.1 Å². The maximum atomic E-state index is 10.2. The van der Waals surface area contributed by atoms with Gasteiger partial charge in [-0.2, -0.15) is 8.42 Å². The Morgan fingerprint density at radius 3 is 1.08 bits per heavy atom. The van der Waals surface area contributed by atoms with Gasteiger partial charge in [-0.15, -0.1) is 0 Å². The van der Waals surface area contributed by atoms with E-state index in [4.69, 9.17) is 19.5 Å². The third-order valence-electron chi connectivity index (χ3n) is 6.28. The predicted octanol–water partition coefficient (Wildman–Crippen LogP) is 7.97. The third-order valence-corrected chi connectivity index (χ3v) is 7.37. The number of aliphatic carboxylic acids is 2. The summed E-state index contributed by atoms with van der Waals surface area (Å²) < 4.78 is 34.4. The summed E-state index contributed by atoms with van der Waals surface area (Å²) in [6, 6.07) is 0. The summed E-state index contributed by atoms with van der Waals surface area (Å²) in [7, 11) is -4.84. The third kappa shape index (κ3) is 36.7.